The molecule has 2 nitrogen and oxygen atoms in total. The van der Waals surface area contributed by atoms with E-state index in [2.05, 4.69) is 10.6 Å². The lowest BCUT2D eigenvalue weighted by Crippen LogP contribution is -2.27. The molecule has 5 heteroatoms. The standard InChI is InChI=1S/C12H11FN2S2/c13-10-5-1-2-6-11(10)15-12(16)14-8-9-4-3-7-17-9/h1-7H,8H2,(H2,14,15,16). The Kier molecular flexibility index (Phi) is 4.06. The van der Waals surface area contributed by atoms with Crippen LogP contribution >= 0.6 is 23.6 Å². The van der Waals surface area contributed by atoms with E-state index in [1.807, 2.05) is 17.5 Å². The van der Waals surface area contributed by atoms with Crippen LogP contribution in [0, 0.1) is 5.82 Å². The summed E-state index contributed by atoms with van der Waals surface area (Å²) in [5, 5.41) is 8.27. The zero-order valence-corrected chi connectivity index (χ0v) is 10.6. The molecule has 0 aliphatic rings. The van der Waals surface area contributed by atoms with Gasteiger partial charge in [-0.25, -0.2) is 4.39 Å². The smallest absolute Gasteiger partial charge is 0.171 e. The fourth-order valence-corrected chi connectivity index (χ4v) is 2.14. The summed E-state index contributed by atoms with van der Waals surface area (Å²) < 4.78 is 13.3. The Bertz CT molecular complexity index is 497. The van der Waals surface area contributed by atoms with Crippen LogP contribution in [0.1, 0.15) is 4.88 Å². The molecule has 0 spiro atoms. The van der Waals surface area contributed by atoms with Gasteiger partial charge >= 0.3 is 0 Å². The van der Waals surface area contributed by atoms with Crippen LogP contribution in [0.15, 0.2) is 41.8 Å². The van der Waals surface area contributed by atoms with Gasteiger partial charge in [-0.15, -0.1) is 11.3 Å². The van der Waals surface area contributed by atoms with Crippen LogP contribution in [0.2, 0.25) is 0 Å². The Morgan fingerprint density at radius 1 is 1.24 bits per heavy atom. The predicted octanol–water partition coefficient (Wildman–Crippen LogP) is 3.37. The van der Waals surface area contributed by atoms with Gasteiger partial charge in [-0.3, -0.25) is 0 Å². The Morgan fingerprint density at radius 3 is 2.76 bits per heavy atom. The molecule has 2 N–H and O–H groups in total. The molecule has 0 amide bonds. The van der Waals surface area contributed by atoms with Crippen molar-refractivity contribution in [2.75, 3.05) is 5.32 Å². The summed E-state index contributed by atoms with van der Waals surface area (Å²) in [5.41, 5.74) is 0.385. The lowest BCUT2D eigenvalue weighted by atomic mass is 10.3. The fourth-order valence-electron chi connectivity index (χ4n) is 1.31. The second kappa shape index (κ2) is 5.75. The van der Waals surface area contributed by atoms with Gasteiger partial charge in [0.25, 0.3) is 0 Å². The Labute approximate surface area is 108 Å². The van der Waals surface area contributed by atoms with Gasteiger partial charge in [-0.1, -0.05) is 18.2 Å². The second-order valence-electron chi connectivity index (χ2n) is 3.37. The number of nitrogens with one attached hydrogen (secondary N) is 2. The van der Waals surface area contributed by atoms with Crippen molar-refractivity contribution in [3.63, 3.8) is 0 Å². The average Bonchev–Trinajstić information content (AvgIpc) is 2.82. The minimum Gasteiger partial charge on any atom is -0.358 e. The van der Waals surface area contributed by atoms with Gasteiger partial charge in [-0.2, -0.15) is 0 Å². The molecule has 0 bridgehead atoms. The van der Waals surface area contributed by atoms with E-state index in [-0.39, 0.29) is 5.82 Å². The van der Waals surface area contributed by atoms with Crippen molar-refractivity contribution in [1.82, 2.24) is 5.32 Å². The molecule has 0 saturated carbocycles. The first-order chi connectivity index (χ1) is 8.25. The van der Waals surface area contributed by atoms with E-state index in [1.54, 1.807) is 29.5 Å². The van der Waals surface area contributed by atoms with Gasteiger partial charge in [-0.05, 0) is 35.8 Å². The normalized spacial score (nSPS) is 9.94. The predicted molar refractivity (Wildman–Crippen MR) is 73.8 cm³/mol. The number of hydrogen-bond donors (Lipinski definition) is 2. The third-order valence-electron chi connectivity index (χ3n) is 2.13. The van der Waals surface area contributed by atoms with Gasteiger partial charge in [0, 0.05) is 4.88 Å². The van der Waals surface area contributed by atoms with Crippen LogP contribution in [-0.4, -0.2) is 5.11 Å². The average molecular weight is 266 g/mol. The third kappa shape index (κ3) is 3.51. The Morgan fingerprint density at radius 2 is 2.06 bits per heavy atom. The SMILES string of the molecule is Fc1ccccc1NC(=S)NCc1cccs1. The lowest BCUT2D eigenvalue weighted by Gasteiger charge is -2.10. The van der Waals surface area contributed by atoms with E-state index in [9.17, 15) is 4.39 Å². The summed E-state index contributed by atoms with van der Waals surface area (Å²) in [7, 11) is 0. The zero-order valence-electron chi connectivity index (χ0n) is 8.94. The number of thiocarbonyl (C=S) groups is 1. The molecule has 1 aromatic carbocycles. The van der Waals surface area contributed by atoms with Crippen molar-refractivity contribution in [3.05, 3.63) is 52.5 Å². The molecule has 17 heavy (non-hydrogen) atoms. The maximum absolute atomic E-state index is 13.3. The maximum atomic E-state index is 13.3. The van der Waals surface area contributed by atoms with Gasteiger partial charge in [0.05, 0.1) is 12.2 Å². The number of para-hydroxylation sites is 1. The number of halogens is 1. The summed E-state index contributed by atoms with van der Waals surface area (Å²) in [6, 6.07) is 10.4. The minimum absolute atomic E-state index is 0.312. The molecule has 0 unspecified atom stereocenters. The summed E-state index contributed by atoms with van der Waals surface area (Å²) >= 11 is 6.73. The second-order valence-corrected chi connectivity index (χ2v) is 4.81. The summed E-state index contributed by atoms with van der Waals surface area (Å²) in [6.45, 7) is 0.651. The molecule has 1 heterocycles. The highest BCUT2D eigenvalue weighted by molar-refractivity contribution is 7.80. The van der Waals surface area contributed by atoms with E-state index in [0.717, 1.165) is 0 Å². The quantitative estimate of drug-likeness (QED) is 0.833. The summed E-state index contributed by atoms with van der Waals surface area (Å²) in [4.78, 5) is 1.18. The Balaban J connectivity index is 1.87. The molecule has 0 aliphatic heterocycles. The van der Waals surface area contributed by atoms with E-state index < -0.39 is 0 Å². The highest BCUT2D eigenvalue weighted by atomic mass is 32.1. The largest absolute Gasteiger partial charge is 0.358 e. The molecule has 0 aliphatic carbocycles. The summed E-state index contributed by atoms with van der Waals surface area (Å²) in [5.74, 6) is -0.312. The van der Waals surface area contributed by atoms with Gasteiger partial charge < -0.3 is 10.6 Å². The topological polar surface area (TPSA) is 24.1 Å². The number of thiophene rings is 1. The van der Waals surface area contributed by atoms with E-state index in [0.29, 0.717) is 17.3 Å². The first-order valence-corrected chi connectivity index (χ1v) is 6.36. The number of rotatable bonds is 3. The van der Waals surface area contributed by atoms with Gasteiger partial charge in [0.2, 0.25) is 0 Å². The molecule has 0 saturated heterocycles. The highest BCUT2D eigenvalue weighted by Gasteiger charge is 2.02. The lowest BCUT2D eigenvalue weighted by molar-refractivity contribution is 0.632. The maximum Gasteiger partial charge on any atom is 0.171 e. The molecule has 88 valence electrons. The highest BCUT2D eigenvalue weighted by Crippen LogP contribution is 2.12. The van der Waals surface area contributed by atoms with Crippen molar-refractivity contribution < 1.29 is 4.39 Å². The van der Waals surface area contributed by atoms with Crippen LogP contribution in [0.4, 0.5) is 10.1 Å². The zero-order chi connectivity index (χ0) is 12.1. The van der Waals surface area contributed by atoms with E-state index in [1.165, 1.54) is 10.9 Å². The molecule has 2 rings (SSSR count). The molecule has 0 atom stereocenters. The molecule has 0 fully saturated rings. The number of hydrogen-bond acceptors (Lipinski definition) is 2. The Hall–Kier alpha value is -1.46. The number of benzene rings is 1. The molecule has 0 radical (unpaired) electrons. The van der Waals surface area contributed by atoms with Crippen molar-refractivity contribution in [2.24, 2.45) is 0 Å². The van der Waals surface area contributed by atoms with Crippen LogP contribution in [0.3, 0.4) is 0 Å². The van der Waals surface area contributed by atoms with Crippen LogP contribution < -0.4 is 10.6 Å². The molecule has 2 aromatic rings. The van der Waals surface area contributed by atoms with Crippen molar-refractivity contribution >= 4 is 34.4 Å². The van der Waals surface area contributed by atoms with Gasteiger partial charge in [0.15, 0.2) is 5.11 Å². The van der Waals surface area contributed by atoms with Crippen LogP contribution in [-0.2, 0) is 6.54 Å². The number of anilines is 1. The van der Waals surface area contributed by atoms with Crippen molar-refractivity contribution in [2.45, 2.75) is 6.54 Å². The first-order valence-electron chi connectivity index (χ1n) is 5.07. The third-order valence-corrected chi connectivity index (χ3v) is 3.25. The minimum atomic E-state index is -0.312. The first kappa shape index (κ1) is 12.0. The monoisotopic (exact) mass is 266 g/mol. The molecular weight excluding hydrogens is 255 g/mol. The fraction of sp³-hybridized carbons (Fsp3) is 0.0833. The molecule has 1 aromatic heterocycles. The van der Waals surface area contributed by atoms with Crippen LogP contribution in [0.25, 0.3) is 0 Å². The van der Waals surface area contributed by atoms with Crippen molar-refractivity contribution in [1.29, 1.82) is 0 Å². The molecular formula is C12H11FN2S2. The van der Waals surface area contributed by atoms with E-state index in [4.69, 9.17) is 12.2 Å². The van der Waals surface area contributed by atoms with Crippen molar-refractivity contribution in [3.8, 4) is 0 Å². The van der Waals surface area contributed by atoms with Crippen LogP contribution in [0.5, 0.6) is 0 Å². The summed E-state index contributed by atoms with van der Waals surface area (Å²) in [6.07, 6.45) is 0. The van der Waals surface area contributed by atoms with Gasteiger partial charge in [0.1, 0.15) is 5.82 Å². The van der Waals surface area contributed by atoms with E-state index >= 15 is 0 Å².